The number of hydrogen-bond acceptors (Lipinski definition) is 8. The molecule has 0 unspecified atom stereocenters. The number of aromatic nitrogens is 3. The molecule has 9 nitrogen and oxygen atoms in total. The molecule has 5 rings (SSSR count). The molecule has 0 bridgehead atoms. The van der Waals surface area contributed by atoms with Crippen molar-refractivity contribution in [2.24, 2.45) is 5.92 Å². The van der Waals surface area contributed by atoms with Crippen molar-refractivity contribution in [3.63, 3.8) is 0 Å². The molecule has 190 valence electrons. The van der Waals surface area contributed by atoms with Gasteiger partial charge in [-0.3, -0.25) is 9.78 Å². The lowest BCUT2D eigenvalue weighted by Gasteiger charge is -2.28. The van der Waals surface area contributed by atoms with Crippen LogP contribution in [-0.4, -0.2) is 52.6 Å². The third kappa shape index (κ3) is 5.63. The quantitative estimate of drug-likeness (QED) is 0.369. The van der Waals surface area contributed by atoms with Crippen LogP contribution in [0.15, 0.2) is 30.5 Å². The minimum atomic E-state index is -2.79. The third-order valence-corrected chi connectivity index (χ3v) is 6.86. The third-order valence-electron chi connectivity index (χ3n) is 6.02. The van der Waals surface area contributed by atoms with E-state index in [0.29, 0.717) is 51.2 Å². The van der Waals surface area contributed by atoms with Crippen molar-refractivity contribution in [2.45, 2.75) is 25.8 Å². The summed E-state index contributed by atoms with van der Waals surface area (Å²) in [5, 5.41) is 11.6. The largest absolute Gasteiger partial charge is 0.494 e. The highest BCUT2D eigenvalue weighted by Gasteiger charge is 2.26. The fraction of sp³-hybridized carbons (Fsp3) is 0.360. The molecule has 0 spiro atoms. The van der Waals surface area contributed by atoms with Gasteiger partial charge in [-0.2, -0.15) is 0 Å². The number of rotatable bonds is 7. The molecule has 1 saturated heterocycles. The Bertz CT molecular complexity index is 1410. The van der Waals surface area contributed by atoms with Gasteiger partial charge in [0.2, 0.25) is 10.9 Å². The number of amides is 1. The molecule has 2 aliphatic rings. The number of pyridine rings is 1. The van der Waals surface area contributed by atoms with E-state index in [1.165, 1.54) is 19.4 Å². The zero-order valence-corrected chi connectivity index (χ0v) is 20.7. The van der Waals surface area contributed by atoms with E-state index < -0.39 is 12.1 Å². The number of ether oxygens (including phenoxy) is 1. The van der Waals surface area contributed by atoms with Crippen molar-refractivity contribution in [3.8, 4) is 28.7 Å². The summed E-state index contributed by atoms with van der Waals surface area (Å²) in [6, 6.07) is 6.41. The number of carbonyl (C=O) groups excluding carboxylic acids is 1. The summed E-state index contributed by atoms with van der Waals surface area (Å²) >= 11 is 1.10. The number of hydrogen-bond donors (Lipinski definition) is 1. The number of carbonyl (C=O) groups is 1. The SMILES string of the molecule is COc1cnc(C(F)F)cc1-c1cc(N2CCNCC2=O)ccc1C[N+](=O)c1nnc(C#CC2CC2)s1. The zero-order valence-electron chi connectivity index (χ0n) is 19.9. The van der Waals surface area contributed by atoms with Crippen LogP contribution in [-0.2, 0) is 11.3 Å². The Kier molecular flexibility index (Phi) is 7.16. The molecule has 37 heavy (non-hydrogen) atoms. The fourth-order valence-corrected chi connectivity index (χ4v) is 4.54. The lowest BCUT2D eigenvalue weighted by atomic mass is 9.97. The van der Waals surface area contributed by atoms with Crippen LogP contribution >= 0.6 is 11.3 Å². The van der Waals surface area contributed by atoms with Gasteiger partial charge in [0.25, 0.3) is 6.43 Å². The monoisotopic (exact) mass is 525 g/mol. The molecule has 1 aliphatic heterocycles. The van der Waals surface area contributed by atoms with E-state index in [9.17, 15) is 18.5 Å². The summed E-state index contributed by atoms with van der Waals surface area (Å²) in [6.07, 6.45) is 0.596. The number of nitrogens with zero attached hydrogens (tertiary/aromatic N) is 5. The van der Waals surface area contributed by atoms with Crippen LogP contribution in [0.1, 0.15) is 35.5 Å². The van der Waals surface area contributed by atoms with Gasteiger partial charge >= 0.3 is 5.13 Å². The highest BCUT2D eigenvalue weighted by molar-refractivity contribution is 7.14. The molecule has 1 saturated carbocycles. The maximum absolute atomic E-state index is 13.5. The summed E-state index contributed by atoms with van der Waals surface area (Å²) in [4.78, 5) is 31.0. The summed E-state index contributed by atoms with van der Waals surface area (Å²) in [5.74, 6) is 6.60. The van der Waals surface area contributed by atoms with Gasteiger partial charge < -0.3 is 15.0 Å². The van der Waals surface area contributed by atoms with E-state index in [4.69, 9.17) is 4.74 Å². The maximum atomic E-state index is 13.5. The zero-order chi connectivity index (χ0) is 25.9. The highest BCUT2D eigenvalue weighted by Crippen LogP contribution is 2.37. The molecular weight excluding hydrogens is 502 g/mol. The lowest BCUT2D eigenvalue weighted by Crippen LogP contribution is -2.48. The van der Waals surface area contributed by atoms with E-state index in [0.717, 1.165) is 24.2 Å². The predicted octanol–water partition coefficient (Wildman–Crippen LogP) is 3.85. The second-order valence-electron chi connectivity index (χ2n) is 8.64. The normalized spacial score (nSPS) is 15.5. The van der Waals surface area contributed by atoms with Gasteiger partial charge in [0, 0.05) is 35.8 Å². The number of nitroso groups, excluding NO2 is 1. The summed E-state index contributed by atoms with van der Waals surface area (Å²) in [5.41, 5.74) is 1.52. The molecule has 2 aromatic heterocycles. The van der Waals surface area contributed by atoms with Gasteiger partial charge in [-0.15, -0.1) is 0 Å². The van der Waals surface area contributed by atoms with Crippen LogP contribution in [0.5, 0.6) is 5.75 Å². The van der Waals surface area contributed by atoms with Gasteiger partial charge in [-0.05, 0) is 63.7 Å². The van der Waals surface area contributed by atoms with Crippen molar-refractivity contribution in [3.05, 3.63) is 51.6 Å². The molecule has 12 heteroatoms. The van der Waals surface area contributed by atoms with Gasteiger partial charge in [0.15, 0.2) is 6.54 Å². The number of piperazine rings is 1. The van der Waals surface area contributed by atoms with E-state index >= 15 is 0 Å². The first kappa shape index (κ1) is 24.9. The first-order valence-corrected chi connectivity index (χ1v) is 12.5. The van der Waals surface area contributed by atoms with Gasteiger partial charge in [-0.25, -0.2) is 8.78 Å². The van der Waals surface area contributed by atoms with Crippen LogP contribution in [0.25, 0.3) is 11.1 Å². The topological polar surface area (TPSA) is 100 Å². The minimum Gasteiger partial charge on any atom is -0.494 e. The van der Waals surface area contributed by atoms with Crippen LogP contribution in [0.2, 0.25) is 0 Å². The maximum Gasteiger partial charge on any atom is 0.449 e. The van der Waals surface area contributed by atoms with E-state index in [1.807, 2.05) is 0 Å². The number of halogens is 2. The number of anilines is 1. The Morgan fingerprint density at radius 3 is 2.84 bits per heavy atom. The number of methoxy groups -OCH3 is 1. The molecule has 0 radical (unpaired) electrons. The van der Waals surface area contributed by atoms with Crippen molar-refractivity contribution < 1.29 is 23.1 Å². The van der Waals surface area contributed by atoms with Crippen LogP contribution in [0.3, 0.4) is 0 Å². The average Bonchev–Trinajstić information content (AvgIpc) is 3.62. The van der Waals surface area contributed by atoms with Crippen LogP contribution < -0.4 is 15.0 Å². The Morgan fingerprint density at radius 1 is 1.27 bits per heavy atom. The first-order valence-electron chi connectivity index (χ1n) is 11.7. The number of nitrogens with one attached hydrogen (secondary N) is 1. The average molecular weight is 526 g/mol. The van der Waals surface area contributed by atoms with Gasteiger partial charge in [-0.1, -0.05) is 16.9 Å². The molecule has 1 N–H and O–H groups in total. The molecular formula is C25H23F2N6O3S+. The minimum absolute atomic E-state index is 0.112. The van der Waals surface area contributed by atoms with E-state index in [-0.39, 0.29) is 29.9 Å². The standard InChI is InChI=1S/C25H23F2N6O3S/c1-36-21-12-29-20(24(26)27)11-19(21)18-10-17(32-9-8-28-13-23(32)34)6-5-16(18)14-33(35)25-31-30-22(37-25)7-4-15-2-3-15/h5-6,10-12,15,24,28H,2-3,8-9,13-14H2,1H3/q+1. The van der Waals surface area contributed by atoms with Gasteiger partial charge in [0.1, 0.15) is 11.4 Å². The molecule has 3 aromatic rings. The fourth-order valence-electron chi connectivity index (χ4n) is 3.93. The molecule has 1 aliphatic carbocycles. The first-order chi connectivity index (χ1) is 17.9. The van der Waals surface area contributed by atoms with Crippen molar-refractivity contribution in [1.29, 1.82) is 0 Å². The number of alkyl halides is 2. The Labute approximate surface area is 215 Å². The van der Waals surface area contributed by atoms with Crippen molar-refractivity contribution >= 4 is 28.1 Å². The van der Waals surface area contributed by atoms with E-state index in [2.05, 4.69) is 32.3 Å². The Morgan fingerprint density at radius 2 is 2.11 bits per heavy atom. The Balaban J connectivity index is 1.53. The molecule has 0 atom stereocenters. The lowest BCUT2D eigenvalue weighted by molar-refractivity contribution is -0.480. The molecule has 2 fully saturated rings. The molecule has 1 amide bonds. The predicted molar refractivity (Wildman–Crippen MR) is 133 cm³/mol. The summed E-state index contributed by atoms with van der Waals surface area (Å²) in [6.45, 7) is 1.14. The smallest absolute Gasteiger partial charge is 0.449 e. The van der Waals surface area contributed by atoms with Crippen LogP contribution in [0.4, 0.5) is 19.6 Å². The van der Waals surface area contributed by atoms with Crippen LogP contribution in [0, 0.1) is 22.7 Å². The van der Waals surface area contributed by atoms with Gasteiger partial charge in [0.05, 0.1) is 25.0 Å². The highest BCUT2D eigenvalue weighted by atomic mass is 32.1. The second kappa shape index (κ2) is 10.7. The summed E-state index contributed by atoms with van der Waals surface area (Å²) in [7, 11) is 1.41. The molecule has 3 heterocycles. The molecule has 1 aromatic carbocycles. The Hall–Kier alpha value is -3.82. The summed E-state index contributed by atoms with van der Waals surface area (Å²) < 4.78 is 33.2. The number of benzene rings is 1. The van der Waals surface area contributed by atoms with E-state index in [1.54, 1.807) is 23.1 Å². The van der Waals surface area contributed by atoms with Crippen molar-refractivity contribution in [1.82, 2.24) is 20.5 Å². The van der Waals surface area contributed by atoms with Crippen molar-refractivity contribution in [2.75, 3.05) is 31.6 Å². The second-order valence-corrected chi connectivity index (χ2v) is 9.60.